The van der Waals surface area contributed by atoms with E-state index in [1.807, 2.05) is 54.7 Å². The van der Waals surface area contributed by atoms with Crippen LogP contribution in [0.25, 0.3) is 17.0 Å². The molecule has 1 fully saturated rings. The van der Waals surface area contributed by atoms with Gasteiger partial charge in [0.25, 0.3) is 11.8 Å². The van der Waals surface area contributed by atoms with Crippen LogP contribution in [0.4, 0.5) is 0 Å². The Morgan fingerprint density at radius 1 is 0.971 bits per heavy atom. The molecule has 1 aromatic heterocycles. The first kappa shape index (κ1) is 24.4. The maximum Gasteiger partial charge on any atom is 0.265 e. The number of methoxy groups -OCH3 is 2. The molecule has 1 N–H and O–H groups in total. The Labute approximate surface area is 209 Å². The van der Waals surface area contributed by atoms with Gasteiger partial charge in [-0.15, -0.1) is 0 Å². The molecule has 182 valence electrons. The molecule has 4 rings (SSSR count). The van der Waals surface area contributed by atoms with Crippen molar-refractivity contribution in [2.45, 2.75) is 13.0 Å². The molecule has 0 radical (unpaired) electrons. The summed E-state index contributed by atoms with van der Waals surface area (Å²) in [5.41, 5.74) is 1.83. The Morgan fingerprint density at radius 2 is 1.71 bits per heavy atom. The number of nitrogens with zero attached hydrogens (tertiary/aromatic N) is 2. The van der Waals surface area contributed by atoms with Crippen molar-refractivity contribution in [1.29, 1.82) is 0 Å². The Balaban J connectivity index is 1.53. The number of carbonyl (C=O) groups excluding carboxylic acids is 2. The lowest BCUT2D eigenvalue weighted by molar-refractivity contribution is -0.129. The van der Waals surface area contributed by atoms with Gasteiger partial charge < -0.3 is 18.8 Å². The van der Waals surface area contributed by atoms with Gasteiger partial charge in [0.2, 0.25) is 0 Å². The molecule has 9 heteroatoms. The summed E-state index contributed by atoms with van der Waals surface area (Å²) in [4.78, 5) is 27.0. The minimum absolute atomic E-state index is 0.0390. The van der Waals surface area contributed by atoms with Crippen molar-refractivity contribution in [3.05, 3.63) is 65.9 Å². The number of hydrogen-bond acceptors (Lipinski definition) is 6. The molecule has 2 heterocycles. The molecule has 1 saturated heterocycles. The lowest BCUT2D eigenvalue weighted by Crippen LogP contribution is -2.54. The van der Waals surface area contributed by atoms with E-state index >= 15 is 0 Å². The zero-order valence-corrected chi connectivity index (χ0v) is 20.5. The molecule has 0 spiro atoms. The highest BCUT2D eigenvalue weighted by molar-refractivity contribution is 7.80. The first-order valence-electron chi connectivity index (χ1n) is 11.2. The van der Waals surface area contributed by atoms with Crippen LogP contribution in [0.15, 0.2) is 60.3 Å². The summed E-state index contributed by atoms with van der Waals surface area (Å²) in [6, 6.07) is 15.4. The van der Waals surface area contributed by atoms with E-state index in [2.05, 4.69) is 9.88 Å². The summed E-state index contributed by atoms with van der Waals surface area (Å²) in [6.07, 6.45) is 4.34. The zero-order valence-electron chi connectivity index (χ0n) is 19.7. The molecule has 3 aromatic rings. The van der Waals surface area contributed by atoms with E-state index in [1.165, 1.54) is 4.90 Å². The van der Waals surface area contributed by atoms with Gasteiger partial charge in [-0.05, 0) is 42.9 Å². The lowest BCUT2D eigenvalue weighted by atomic mass is 10.1. The average Bonchev–Trinajstić information content (AvgIpc) is 3.22. The molecule has 0 aliphatic carbocycles. The van der Waals surface area contributed by atoms with Crippen molar-refractivity contribution in [3.63, 3.8) is 0 Å². The number of thiocarbonyl (C=S) groups is 1. The van der Waals surface area contributed by atoms with E-state index < -0.39 is 11.8 Å². The van der Waals surface area contributed by atoms with Gasteiger partial charge in [0.1, 0.15) is 5.57 Å². The fraction of sp³-hybridized carbons (Fsp3) is 0.269. The smallest absolute Gasteiger partial charge is 0.265 e. The van der Waals surface area contributed by atoms with Gasteiger partial charge in [-0.3, -0.25) is 19.8 Å². The number of aryl methyl sites for hydroxylation is 1. The van der Waals surface area contributed by atoms with Crippen LogP contribution in [-0.4, -0.2) is 60.4 Å². The third-order valence-corrected chi connectivity index (χ3v) is 6.02. The molecule has 0 saturated carbocycles. The molecule has 0 unspecified atom stereocenters. The van der Waals surface area contributed by atoms with Gasteiger partial charge in [-0.2, -0.15) is 0 Å². The van der Waals surface area contributed by atoms with Crippen molar-refractivity contribution in [2.24, 2.45) is 0 Å². The molecule has 0 bridgehead atoms. The highest BCUT2D eigenvalue weighted by Crippen LogP contribution is 2.27. The Morgan fingerprint density at radius 3 is 2.49 bits per heavy atom. The summed E-state index contributed by atoms with van der Waals surface area (Å²) in [7, 11) is 3.16. The monoisotopic (exact) mass is 493 g/mol. The van der Waals surface area contributed by atoms with Crippen LogP contribution in [0.5, 0.6) is 11.5 Å². The fourth-order valence-corrected chi connectivity index (χ4v) is 4.23. The van der Waals surface area contributed by atoms with Gasteiger partial charge in [0.05, 0.1) is 26.9 Å². The summed E-state index contributed by atoms with van der Waals surface area (Å²) >= 11 is 5.17. The van der Waals surface area contributed by atoms with Crippen LogP contribution in [0.3, 0.4) is 0 Å². The second-order valence-corrected chi connectivity index (χ2v) is 8.30. The first-order chi connectivity index (χ1) is 17.0. The average molecular weight is 494 g/mol. The molecular formula is C26H27N3O5S. The highest BCUT2D eigenvalue weighted by Gasteiger charge is 2.33. The fourth-order valence-electron chi connectivity index (χ4n) is 3.97. The Kier molecular flexibility index (Phi) is 7.79. The second-order valence-electron chi connectivity index (χ2n) is 7.91. The largest absolute Gasteiger partial charge is 0.493 e. The number of para-hydroxylation sites is 3. The van der Waals surface area contributed by atoms with Crippen LogP contribution >= 0.6 is 12.2 Å². The van der Waals surface area contributed by atoms with Crippen molar-refractivity contribution in [3.8, 4) is 11.5 Å². The number of ether oxygens (including phenoxy) is 3. The standard InChI is InChI=1S/C26H27N3O5S/c1-32-15-13-29-25(31)20(24(30)27-26(29)35)16-18-17-28(21-9-4-3-8-19(18)21)12-7-14-34-23-11-6-5-10-22(23)33-2/h3-6,8-11,16-17H,7,12-15H2,1-2H3,(H,27,30,35). The maximum atomic E-state index is 13.0. The summed E-state index contributed by atoms with van der Waals surface area (Å²) in [5, 5.41) is 3.64. The summed E-state index contributed by atoms with van der Waals surface area (Å²) in [6.45, 7) is 1.78. The van der Waals surface area contributed by atoms with E-state index in [9.17, 15) is 9.59 Å². The molecule has 8 nitrogen and oxygen atoms in total. The number of aromatic nitrogens is 1. The van der Waals surface area contributed by atoms with Crippen molar-refractivity contribution in [2.75, 3.05) is 34.0 Å². The van der Waals surface area contributed by atoms with Crippen LogP contribution in [0, 0.1) is 0 Å². The quantitative estimate of drug-likeness (QED) is 0.202. The number of fused-ring (bicyclic) bond motifs is 1. The summed E-state index contributed by atoms with van der Waals surface area (Å²) < 4.78 is 18.4. The van der Waals surface area contributed by atoms with Crippen molar-refractivity contribution >= 4 is 46.1 Å². The van der Waals surface area contributed by atoms with E-state index in [0.29, 0.717) is 31.3 Å². The minimum atomic E-state index is -0.504. The van der Waals surface area contributed by atoms with Crippen LogP contribution in [0.1, 0.15) is 12.0 Å². The van der Waals surface area contributed by atoms with Crippen molar-refractivity contribution in [1.82, 2.24) is 14.8 Å². The van der Waals surface area contributed by atoms with Crippen LogP contribution in [0.2, 0.25) is 0 Å². The normalized spacial score (nSPS) is 15.1. The van der Waals surface area contributed by atoms with Gasteiger partial charge in [0, 0.05) is 36.3 Å². The topological polar surface area (TPSA) is 82.0 Å². The SMILES string of the molecule is COCCN1C(=O)C(=Cc2cn(CCCOc3ccccc3OC)c3ccccc23)C(=O)NC1=S. The number of hydrogen-bond donors (Lipinski definition) is 1. The first-order valence-corrected chi connectivity index (χ1v) is 11.7. The van der Waals surface area contributed by atoms with E-state index in [0.717, 1.165) is 22.9 Å². The predicted molar refractivity (Wildman–Crippen MR) is 137 cm³/mol. The molecule has 0 atom stereocenters. The van der Waals surface area contributed by atoms with Crippen molar-refractivity contribution < 1.29 is 23.8 Å². The summed E-state index contributed by atoms with van der Waals surface area (Å²) in [5.74, 6) is 0.464. The van der Waals surface area contributed by atoms with Gasteiger partial charge in [0.15, 0.2) is 16.6 Å². The molecule has 1 aliphatic heterocycles. The van der Waals surface area contributed by atoms with Gasteiger partial charge in [-0.1, -0.05) is 30.3 Å². The van der Waals surface area contributed by atoms with Crippen LogP contribution in [-0.2, 0) is 20.9 Å². The number of rotatable bonds is 10. The Bertz CT molecular complexity index is 1280. The zero-order chi connectivity index (χ0) is 24.8. The lowest BCUT2D eigenvalue weighted by Gasteiger charge is -2.28. The third kappa shape index (κ3) is 5.36. The van der Waals surface area contributed by atoms with Crippen LogP contribution < -0.4 is 14.8 Å². The number of amides is 2. The predicted octanol–water partition coefficient (Wildman–Crippen LogP) is 3.39. The number of benzene rings is 2. The molecule has 1 aliphatic rings. The van der Waals surface area contributed by atoms with E-state index in [4.69, 9.17) is 26.4 Å². The molecular weight excluding hydrogens is 466 g/mol. The molecule has 2 amide bonds. The minimum Gasteiger partial charge on any atom is -0.493 e. The van der Waals surface area contributed by atoms with Gasteiger partial charge in [-0.25, -0.2) is 0 Å². The number of carbonyl (C=O) groups is 2. The number of nitrogens with one attached hydrogen (secondary N) is 1. The third-order valence-electron chi connectivity index (χ3n) is 5.69. The Hall–Kier alpha value is -3.69. The second kappa shape index (κ2) is 11.2. The maximum absolute atomic E-state index is 13.0. The molecule has 2 aromatic carbocycles. The van der Waals surface area contributed by atoms with E-state index in [-0.39, 0.29) is 17.2 Å². The molecule has 35 heavy (non-hydrogen) atoms. The van der Waals surface area contributed by atoms with E-state index in [1.54, 1.807) is 20.3 Å². The van der Waals surface area contributed by atoms with Gasteiger partial charge >= 0.3 is 0 Å². The highest BCUT2D eigenvalue weighted by atomic mass is 32.1.